The van der Waals surface area contributed by atoms with Gasteiger partial charge >= 0.3 is 0 Å². The van der Waals surface area contributed by atoms with Gasteiger partial charge in [0.05, 0.1) is 13.2 Å². The van der Waals surface area contributed by atoms with Crippen LogP contribution in [0.5, 0.6) is 5.75 Å². The van der Waals surface area contributed by atoms with Gasteiger partial charge in [-0.25, -0.2) is 5.48 Å². The predicted molar refractivity (Wildman–Crippen MR) is 147 cm³/mol. The number of hydrogen-bond acceptors (Lipinski definition) is 5. The first-order chi connectivity index (χ1) is 18.6. The molecule has 0 atom stereocenters. The third-order valence-electron chi connectivity index (χ3n) is 6.51. The zero-order chi connectivity index (χ0) is 26.6. The van der Waals surface area contributed by atoms with Crippen molar-refractivity contribution in [1.82, 2.24) is 15.4 Å². The third-order valence-corrected chi connectivity index (χ3v) is 6.51. The lowest BCUT2D eigenvalue weighted by molar-refractivity contribution is -0.129. The van der Waals surface area contributed by atoms with Crippen molar-refractivity contribution in [2.24, 2.45) is 0 Å². The highest BCUT2D eigenvalue weighted by molar-refractivity contribution is 5.94. The summed E-state index contributed by atoms with van der Waals surface area (Å²) in [4.78, 5) is 33.7. The summed E-state index contributed by atoms with van der Waals surface area (Å²) in [6.45, 7) is 1.04. The number of para-hydroxylation sites is 1. The second-order valence-electron chi connectivity index (χ2n) is 9.24. The number of carbonyl (C=O) groups excluding carboxylic acids is 2. The highest BCUT2D eigenvalue weighted by Gasteiger charge is 2.17. The molecule has 2 heterocycles. The standard InChI is InChI=1S/C30H34N4O4/c35-29(33-37)9-3-1-2-6-20-38-26-13-11-25(12-14-26)34(22-23-16-18-31-19-17-23)30(36)15-10-24-21-32-28-8-5-4-7-27(24)28/h4-5,7-8,11-14,16-19,21,32,37H,1-3,6,9-10,15,20,22H2,(H,33,35). The van der Waals surface area contributed by atoms with Crippen LogP contribution in [0, 0.1) is 0 Å². The van der Waals surface area contributed by atoms with Crippen molar-refractivity contribution >= 4 is 28.4 Å². The van der Waals surface area contributed by atoms with Gasteiger partial charge in [0.2, 0.25) is 11.8 Å². The average Bonchev–Trinajstić information content (AvgIpc) is 3.38. The van der Waals surface area contributed by atoms with Gasteiger partial charge in [0.15, 0.2) is 0 Å². The summed E-state index contributed by atoms with van der Waals surface area (Å²) in [6, 6.07) is 19.6. The number of hydrogen-bond donors (Lipinski definition) is 3. The molecule has 8 nitrogen and oxygen atoms in total. The highest BCUT2D eigenvalue weighted by Crippen LogP contribution is 2.24. The number of anilines is 1. The highest BCUT2D eigenvalue weighted by atomic mass is 16.5. The molecular weight excluding hydrogens is 480 g/mol. The van der Waals surface area contributed by atoms with Gasteiger partial charge in [0.1, 0.15) is 5.75 Å². The minimum Gasteiger partial charge on any atom is -0.494 e. The molecule has 0 radical (unpaired) electrons. The summed E-state index contributed by atoms with van der Waals surface area (Å²) in [7, 11) is 0. The molecule has 0 aliphatic heterocycles. The van der Waals surface area contributed by atoms with E-state index in [1.54, 1.807) is 17.9 Å². The number of benzene rings is 2. The smallest absolute Gasteiger partial charge is 0.243 e. The van der Waals surface area contributed by atoms with Crippen LogP contribution in [0.25, 0.3) is 10.9 Å². The van der Waals surface area contributed by atoms with Gasteiger partial charge in [-0.3, -0.25) is 19.8 Å². The first kappa shape index (κ1) is 26.9. The summed E-state index contributed by atoms with van der Waals surface area (Å²) in [6.07, 6.45) is 10.3. The quantitative estimate of drug-likeness (QED) is 0.116. The predicted octanol–water partition coefficient (Wildman–Crippen LogP) is 5.56. The molecule has 4 rings (SSSR count). The lowest BCUT2D eigenvalue weighted by atomic mass is 10.1. The molecule has 0 unspecified atom stereocenters. The maximum absolute atomic E-state index is 13.5. The van der Waals surface area contributed by atoms with Gasteiger partial charge in [0, 0.05) is 48.0 Å². The van der Waals surface area contributed by atoms with Crippen LogP contribution in [-0.2, 0) is 22.6 Å². The lowest BCUT2D eigenvalue weighted by Crippen LogP contribution is -2.30. The van der Waals surface area contributed by atoms with Gasteiger partial charge in [0.25, 0.3) is 0 Å². The second kappa shape index (κ2) is 13.9. The molecule has 0 saturated heterocycles. The molecule has 198 valence electrons. The van der Waals surface area contributed by atoms with E-state index in [0.29, 0.717) is 32.4 Å². The average molecular weight is 515 g/mol. The maximum atomic E-state index is 13.5. The Balaban J connectivity index is 1.34. The lowest BCUT2D eigenvalue weighted by Gasteiger charge is -2.23. The first-order valence-corrected chi connectivity index (χ1v) is 13.0. The van der Waals surface area contributed by atoms with Crippen LogP contribution >= 0.6 is 0 Å². The van der Waals surface area contributed by atoms with E-state index in [4.69, 9.17) is 9.94 Å². The van der Waals surface area contributed by atoms with Crippen LogP contribution in [0.4, 0.5) is 5.69 Å². The molecule has 0 aliphatic rings. The zero-order valence-electron chi connectivity index (χ0n) is 21.4. The van der Waals surface area contributed by atoms with E-state index >= 15 is 0 Å². The van der Waals surface area contributed by atoms with Crippen LogP contribution in [0.2, 0.25) is 0 Å². The number of aryl methyl sites for hydroxylation is 1. The number of aromatic nitrogens is 2. The summed E-state index contributed by atoms with van der Waals surface area (Å²) < 4.78 is 5.87. The second-order valence-corrected chi connectivity index (χ2v) is 9.24. The van der Waals surface area contributed by atoms with Crippen molar-refractivity contribution in [3.63, 3.8) is 0 Å². The molecular formula is C30H34N4O4. The van der Waals surface area contributed by atoms with Crippen LogP contribution in [0.15, 0.2) is 79.3 Å². The van der Waals surface area contributed by atoms with E-state index < -0.39 is 0 Å². The summed E-state index contributed by atoms with van der Waals surface area (Å²) in [5.74, 6) is 0.454. The number of rotatable bonds is 14. The maximum Gasteiger partial charge on any atom is 0.243 e. The van der Waals surface area contributed by atoms with E-state index in [1.807, 2.05) is 65.7 Å². The van der Waals surface area contributed by atoms with Crippen molar-refractivity contribution in [3.05, 3.63) is 90.4 Å². The van der Waals surface area contributed by atoms with Gasteiger partial charge in [-0.1, -0.05) is 31.0 Å². The topological polar surface area (TPSA) is 108 Å². The number of nitrogens with one attached hydrogen (secondary N) is 2. The minimum absolute atomic E-state index is 0.0515. The molecule has 3 N–H and O–H groups in total. The molecule has 2 aromatic heterocycles. The van der Waals surface area contributed by atoms with E-state index in [0.717, 1.165) is 59.2 Å². The number of amides is 2. The number of aromatic amines is 1. The van der Waals surface area contributed by atoms with Gasteiger partial charge in [-0.15, -0.1) is 0 Å². The van der Waals surface area contributed by atoms with Gasteiger partial charge < -0.3 is 14.6 Å². The van der Waals surface area contributed by atoms with Crippen molar-refractivity contribution in [1.29, 1.82) is 0 Å². The van der Waals surface area contributed by atoms with E-state index in [1.165, 1.54) is 0 Å². The molecule has 0 fully saturated rings. The zero-order valence-corrected chi connectivity index (χ0v) is 21.4. The fourth-order valence-electron chi connectivity index (χ4n) is 4.42. The summed E-state index contributed by atoms with van der Waals surface area (Å²) in [5.41, 5.74) is 5.69. The Morgan fingerprint density at radius 2 is 1.68 bits per heavy atom. The van der Waals surface area contributed by atoms with Crippen LogP contribution in [0.1, 0.15) is 49.7 Å². The molecule has 2 aromatic carbocycles. The monoisotopic (exact) mass is 514 g/mol. The minimum atomic E-state index is -0.351. The van der Waals surface area contributed by atoms with E-state index in [9.17, 15) is 9.59 Å². The number of H-pyrrole nitrogens is 1. The molecule has 0 spiro atoms. The normalized spacial score (nSPS) is 10.9. The van der Waals surface area contributed by atoms with Crippen molar-refractivity contribution in [2.45, 2.75) is 51.5 Å². The number of nitrogens with zero attached hydrogens (tertiary/aromatic N) is 2. The third kappa shape index (κ3) is 7.66. The molecule has 8 heteroatoms. The fraction of sp³-hybridized carbons (Fsp3) is 0.300. The van der Waals surface area contributed by atoms with E-state index in [2.05, 4.69) is 16.0 Å². The Morgan fingerprint density at radius 3 is 2.47 bits per heavy atom. The Hall–Kier alpha value is -4.17. The number of pyridine rings is 1. The Labute approximate surface area is 222 Å². The van der Waals surface area contributed by atoms with Crippen molar-refractivity contribution in [2.75, 3.05) is 11.5 Å². The number of ether oxygens (including phenoxy) is 1. The Morgan fingerprint density at radius 1 is 0.921 bits per heavy atom. The fourth-order valence-corrected chi connectivity index (χ4v) is 4.42. The molecule has 2 amide bonds. The molecule has 0 saturated carbocycles. The number of fused-ring (bicyclic) bond motifs is 1. The summed E-state index contributed by atoms with van der Waals surface area (Å²) in [5, 5.41) is 9.67. The SMILES string of the molecule is O=C(CCCCCCOc1ccc(N(Cc2ccncc2)C(=O)CCc2c[nH]c3ccccc23)cc1)NO. The number of hydroxylamine groups is 1. The van der Waals surface area contributed by atoms with Crippen LogP contribution < -0.4 is 15.1 Å². The molecule has 38 heavy (non-hydrogen) atoms. The first-order valence-electron chi connectivity index (χ1n) is 13.0. The van der Waals surface area contributed by atoms with Crippen molar-refractivity contribution < 1.29 is 19.5 Å². The molecule has 0 bridgehead atoms. The van der Waals surface area contributed by atoms with E-state index in [-0.39, 0.29) is 11.8 Å². The number of unbranched alkanes of at least 4 members (excludes halogenated alkanes) is 3. The van der Waals surface area contributed by atoms with Crippen molar-refractivity contribution in [3.8, 4) is 5.75 Å². The molecule has 4 aromatic rings. The van der Waals surface area contributed by atoms with Crippen LogP contribution in [0.3, 0.4) is 0 Å². The summed E-state index contributed by atoms with van der Waals surface area (Å²) >= 11 is 0. The number of carbonyl (C=O) groups is 2. The van der Waals surface area contributed by atoms with Crippen LogP contribution in [-0.4, -0.2) is 33.6 Å². The van der Waals surface area contributed by atoms with Gasteiger partial charge in [-0.05, 0) is 72.9 Å². The Bertz CT molecular complexity index is 1300. The molecule has 0 aliphatic carbocycles. The Kier molecular flexibility index (Phi) is 9.87. The van der Waals surface area contributed by atoms with Gasteiger partial charge in [-0.2, -0.15) is 0 Å². The largest absolute Gasteiger partial charge is 0.494 e.